The van der Waals surface area contributed by atoms with Crippen LogP contribution in [-0.2, 0) is 0 Å². The molecule has 0 atom stereocenters. The second-order valence-electron chi connectivity index (χ2n) is 4.04. The third-order valence-electron chi connectivity index (χ3n) is 2.70. The van der Waals surface area contributed by atoms with Crippen molar-refractivity contribution in [3.8, 4) is 0 Å². The van der Waals surface area contributed by atoms with Crippen molar-refractivity contribution < 1.29 is 9.32 Å². The maximum atomic E-state index is 12.0. The van der Waals surface area contributed by atoms with Gasteiger partial charge in [-0.1, -0.05) is 28.4 Å². The molecule has 0 radical (unpaired) electrons. The van der Waals surface area contributed by atoms with Crippen molar-refractivity contribution in [3.05, 3.63) is 39.0 Å². The van der Waals surface area contributed by atoms with Gasteiger partial charge in [-0.15, -0.1) is 0 Å². The Morgan fingerprint density at radius 3 is 2.58 bits per heavy atom. The number of nitrogen functional groups attached to an aromatic ring is 1. The Balaban J connectivity index is 2.28. The molecule has 2 rings (SSSR count). The van der Waals surface area contributed by atoms with Crippen molar-refractivity contribution in [2.45, 2.75) is 13.8 Å². The molecule has 1 heterocycles. The van der Waals surface area contributed by atoms with Gasteiger partial charge in [0.05, 0.1) is 21.4 Å². The van der Waals surface area contributed by atoms with E-state index in [1.807, 2.05) is 0 Å². The number of amides is 1. The minimum Gasteiger partial charge on any atom is -0.397 e. The second kappa shape index (κ2) is 5.11. The normalized spacial score (nSPS) is 10.5. The molecule has 1 aromatic heterocycles. The van der Waals surface area contributed by atoms with Crippen LogP contribution in [0.1, 0.15) is 21.6 Å². The predicted octanol–water partition coefficient (Wildman–Crippen LogP) is 3.43. The predicted molar refractivity (Wildman–Crippen MR) is 74.8 cm³/mol. The Hall–Kier alpha value is -1.72. The van der Waals surface area contributed by atoms with E-state index >= 15 is 0 Å². The summed E-state index contributed by atoms with van der Waals surface area (Å²) in [5, 5.41) is 6.79. The molecule has 0 aliphatic heterocycles. The molecule has 0 aliphatic rings. The Labute approximate surface area is 119 Å². The summed E-state index contributed by atoms with van der Waals surface area (Å²) >= 11 is 11.7. The van der Waals surface area contributed by atoms with Crippen molar-refractivity contribution >= 4 is 40.7 Å². The Bertz CT molecular complexity index is 629. The van der Waals surface area contributed by atoms with Gasteiger partial charge in [0.15, 0.2) is 0 Å². The number of anilines is 2. The number of rotatable bonds is 2. The van der Waals surface area contributed by atoms with E-state index in [4.69, 9.17) is 33.5 Å². The van der Waals surface area contributed by atoms with Gasteiger partial charge in [-0.05, 0) is 26.0 Å². The van der Waals surface area contributed by atoms with Gasteiger partial charge < -0.3 is 10.3 Å². The number of nitrogens with zero attached hydrogens (tertiary/aromatic N) is 1. The monoisotopic (exact) mass is 299 g/mol. The number of nitrogens with one attached hydrogen (secondary N) is 1. The fourth-order valence-electron chi connectivity index (χ4n) is 1.45. The Kier molecular flexibility index (Phi) is 3.68. The highest BCUT2D eigenvalue weighted by Gasteiger charge is 2.15. The number of aryl methyl sites for hydroxylation is 1. The van der Waals surface area contributed by atoms with Gasteiger partial charge in [0, 0.05) is 11.1 Å². The lowest BCUT2D eigenvalue weighted by atomic mass is 10.2. The Morgan fingerprint density at radius 1 is 1.37 bits per heavy atom. The number of aromatic nitrogens is 1. The summed E-state index contributed by atoms with van der Waals surface area (Å²) < 4.78 is 5.00. The van der Waals surface area contributed by atoms with Crippen LogP contribution in [0.5, 0.6) is 0 Å². The quantitative estimate of drug-likeness (QED) is 0.832. The molecule has 3 N–H and O–H groups in total. The smallest absolute Gasteiger partial charge is 0.258 e. The molecule has 19 heavy (non-hydrogen) atoms. The van der Waals surface area contributed by atoms with Crippen molar-refractivity contribution in [3.63, 3.8) is 0 Å². The number of benzene rings is 1. The minimum absolute atomic E-state index is 0.220. The second-order valence-corrected chi connectivity index (χ2v) is 4.82. The number of halogens is 2. The van der Waals surface area contributed by atoms with Gasteiger partial charge in [-0.3, -0.25) is 10.1 Å². The topological polar surface area (TPSA) is 81.2 Å². The van der Waals surface area contributed by atoms with Gasteiger partial charge in [0.2, 0.25) is 5.88 Å². The van der Waals surface area contributed by atoms with E-state index in [1.165, 1.54) is 12.1 Å². The van der Waals surface area contributed by atoms with Crippen LogP contribution < -0.4 is 11.1 Å². The average Bonchev–Trinajstić information content (AvgIpc) is 2.67. The molecule has 100 valence electrons. The zero-order chi connectivity index (χ0) is 14.2. The van der Waals surface area contributed by atoms with Gasteiger partial charge in [0.1, 0.15) is 0 Å². The third-order valence-corrected chi connectivity index (χ3v) is 3.52. The first-order valence-corrected chi connectivity index (χ1v) is 6.14. The van der Waals surface area contributed by atoms with Crippen LogP contribution in [-0.4, -0.2) is 11.1 Å². The molecule has 7 heteroatoms. The lowest BCUT2D eigenvalue weighted by Gasteiger charge is -2.06. The van der Waals surface area contributed by atoms with Crippen LogP contribution in [0, 0.1) is 13.8 Å². The van der Waals surface area contributed by atoms with Crippen LogP contribution in [0.25, 0.3) is 0 Å². The molecule has 0 saturated heterocycles. The molecule has 0 spiro atoms. The summed E-state index contributed by atoms with van der Waals surface area (Å²) in [4.78, 5) is 12.0. The largest absolute Gasteiger partial charge is 0.397 e. The van der Waals surface area contributed by atoms with Crippen LogP contribution in [0.3, 0.4) is 0 Å². The van der Waals surface area contributed by atoms with Crippen molar-refractivity contribution in [2.24, 2.45) is 0 Å². The van der Waals surface area contributed by atoms with Crippen LogP contribution in [0.4, 0.5) is 11.6 Å². The van der Waals surface area contributed by atoms with E-state index in [-0.39, 0.29) is 15.7 Å². The van der Waals surface area contributed by atoms with Crippen molar-refractivity contribution in [2.75, 3.05) is 11.1 Å². The number of nitrogens with two attached hydrogens (primary N) is 1. The molecule has 2 aromatic rings. The lowest BCUT2D eigenvalue weighted by Crippen LogP contribution is -2.12. The van der Waals surface area contributed by atoms with Gasteiger partial charge in [-0.2, -0.15) is 0 Å². The highest BCUT2D eigenvalue weighted by atomic mass is 35.5. The maximum Gasteiger partial charge on any atom is 0.258 e. The fourth-order valence-corrected chi connectivity index (χ4v) is 1.78. The van der Waals surface area contributed by atoms with Gasteiger partial charge in [0.25, 0.3) is 5.91 Å². The van der Waals surface area contributed by atoms with Crippen molar-refractivity contribution in [1.29, 1.82) is 0 Å². The zero-order valence-corrected chi connectivity index (χ0v) is 11.8. The zero-order valence-electron chi connectivity index (χ0n) is 10.3. The van der Waals surface area contributed by atoms with Gasteiger partial charge >= 0.3 is 0 Å². The Morgan fingerprint density at radius 2 is 2.05 bits per heavy atom. The van der Waals surface area contributed by atoms with Crippen LogP contribution in [0.2, 0.25) is 10.0 Å². The lowest BCUT2D eigenvalue weighted by molar-refractivity contribution is 0.102. The third kappa shape index (κ3) is 2.67. The van der Waals surface area contributed by atoms with E-state index in [0.29, 0.717) is 17.1 Å². The van der Waals surface area contributed by atoms with E-state index in [1.54, 1.807) is 13.8 Å². The molecule has 0 saturated carbocycles. The molecular weight excluding hydrogens is 289 g/mol. The van der Waals surface area contributed by atoms with E-state index in [0.717, 1.165) is 5.56 Å². The number of carbonyl (C=O) groups is 1. The molecule has 5 nitrogen and oxygen atoms in total. The number of hydrogen-bond donors (Lipinski definition) is 2. The SMILES string of the molecule is Cc1noc(NC(=O)c2cc(N)c(Cl)c(Cl)c2)c1C. The summed E-state index contributed by atoms with van der Waals surface area (Å²) in [6, 6.07) is 2.89. The molecule has 1 amide bonds. The summed E-state index contributed by atoms with van der Waals surface area (Å²) in [6.07, 6.45) is 0. The molecule has 1 aromatic carbocycles. The molecule has 0 fully saturated rings. The average molecular weight is 300 g/mol. The molecular formula is C12H11Cl2N3O2. The van der Waals surface area contributed by atoms with E-state index < -0.39 is 5.91 Å². The van der Waals surface area contributed by atoms with E-state index in [9.17, 15) is 4.79 Å². The standard InChI is InChI=1S/C12H11Cl2N3O2/c1-5-6(2)17-19-12(5)16-11(18)7-3-8(13)10(14)9(15)4-7/h3-4H,15H2,1-2H3,(H,16,18). The van der Waals surface area contributed by atoms with E-state index in [2.05, 4.69) is 10.5 Å². The highest BCUT2D eigenvalue weighted by molar-refractivity contribution is 6.44. The summed E-state index contributed by atoms with van der Waals surface area (Å²) in [7, 11) is 0. The molecule has 0 bridgehead atoms. The molecule has 0 aliphatic carbocycles. The molecule has 0 unspecified atom stereocenters. The summed E-state index contributed by atoms with van der Waals surface area (Å²) in [5.41, 5.74) is 7.66. The number of hydrogen-bond acceptors (Lipinski definition) is 4. The van der Waals surface area contributed by atoms with Crippen LogP contribution in [0.15, 0.2) is 16.7 Å². The summed E-state index contributed by atoms with van der Waals surface area (Å²) in [5.74, 6) is -0.100. The minimum atomic E-state index is -0.399. The highest BCUT2D eigenvalue weighted by Crippen LogP contribution is 2.30. The fraction of sp³-hybridized carbons (Fsp3) is 0.167. The van der Waals surface area contributed by atoms with Crippen molar-refractivity contribution in [1.82, 2.24) is 5.16 Å². The number of carbonyl (C=O) groups excluding carboxylic acids is 1. The van der Waals surface area contributed by atoms with Gasteiger partial charge in [-0.25, -0.2) is 0 Å². The van der Waals surface area contributed by atoms with Crippen LogP contribution >= 0.6 is 23.2 Å². The maximum absolute atomic E-state index is 12.0. The first kappa shape index (κ1) is 13.7. The first-order valence-electron chi connectivity index (χ1n) is 5.39. The summed E-state index contributed by atoms with van der Waals surface area (Å²) in [6.45, 7) is 3.58. The first-order chi connectivity index (χ1) is 8.90.